The Morgan fingerprint density at radius 1 is 1.17 bits per heavy atom. The van der Waals surface area contributed by atoms with Crippen LogP contribution in [0.5, 0.6) is 0 Å². The normalized spacial score (nSPS) is 11.8. The summed E-state index contributed by atoms with van der Waals surface area (Å²) in [6, 6.07) is 9.89. The molecule has 24 heavy (non-hydrogen) atoms. The lowest BCUT2D eigenvalue weighted by Gasteiger charge is -2.12. The topological polar surface area (TPSA) is 95.1 Å². The summed E-state index contributed by atoms with van der Waals surface area (Å²) in [4.78, 5) is 17.0. The van der Waals surface area contributed by atoms with Crippen molar-refractivity contribution < 1.29 is 8.42 Å². The van der Waals surface area contributed by atoms with Crippen molar-refractivity contribution in [3.63, 3.8) is 0 Å². The van der Waals surface area contributed by atoms with Gasteiger partial charge in [-0.05, 0) is 43.7 Å². The minimum absolute atomic E-state index is 0.0652. The first-order valence-corrected chi connectivity index (χ1v) is 8.93. The van der Waals surface area contributed by atoms with E-state index in [2.05, 4.69) is 4.98 Å². The molecule has 0 amide bonds. The highest BCUT2D eigenvalue weighted by Crippen LogP contribution is 2.25. The first kappa shape index (κ1) is 16.6. The van der Waals surface area contributed by atoms with E-state index in [0.29, 0.717) is 17.0 Å². The van der Waals surface area contributed by atoms with Gasteiger partial charge >= 0.3 is 0 Å². The number of halogens is 1. The number of fused-ring (bicyclic) bond motifs is 1. The van der Waals surface area contributed by atoms with Crippen LogP contribution < -0.4 is 10.7 Å². The summed E-state index contributed by atoms with van der Waals surface area (Å²) in [6.07, 6.45) is 0. The van der Waals surface area contributed by atoms with Crippen LogP contribution in [0.1, 0.15) is 11.4 Å². The van der Waals surface area contributed by atoms with Crippen molar-refractivity contribution in [1.82, 2.24) is 9.55 Å². The number of sulfonamides is 1. The van der Waals surface area contributed by atoms with Gasteiger partial charge in [-0.1, -0.05) is 23.7 Å². The minimum Gasteiger partial charge on any atom is -0.268 e. The Labute approximate surface area is 143 Å². The molecule has 2 N–H and O–H groups in total. The fourth-order valence-electron chi connectivity index (χ4n) is 2.59. The molecule has 0 aliphatic carbocycles. The van der Waals surface area contributed by atoms with E-state index in [1.165, 1.54) is 16.7 Å². The van der Waals surface area contributed by atoms with Gasteiger partial charge in [0.1, 0.15) is 10.7 Å². The van der Waals surface area contributed by atoms with Gasteiger partial charge in [0, 0.05) is 0 Å². The Kier molecular flexibility index (Phi) is 3.95. The third kappa shape index (κ3) is 2.82. The predicted molar refractivity (Wildman–Crippen MR) is 93.2 cm³/mol. The van der Waals surface area contributed by atoms with E-state index >= 15 is 0 Å². The summed E-state index contributed by atoms with van der Waals surface area (Å²) in [5, 5.41) is 5.23. The molecule has 0 atom stereocenters. The summed E-state index contributed by atoms with van der Waals surface area (Å²) >= 11 is 5.96. The maximum atomic E-state index is 12.9. The smallest absolute Gasteiger partial charge is 0.266 e. The van der Waals surface area contributed by atoms with Crippen molar-refractivity contribution in [3.8, 4) is 5.69 Å². The number of rotatable bonds is 2. The Balaban J connectivity index is 2.42. The van der Waals surface area contributed by atoms with Crippen LogP contribution in [-0.2, 0) is 10.0 Å². The van der Waals surface area contributed by atoms with Gasteiger partial charge in [0.05, 0.1) is 21.6 Å². The molecule has 1 heterocycles. The zero-order valence-electron chi connectivity index (χ0n) is 12.9. The minimum atomic E-state index is -4.04. The molecular formula is C16H14ClN3O3S. The summed E-state index contributed by atoms with van der Waals surface area (Å²) in [6.45, 7) is 3.61. The maximum absolute atomic E-state index is 12.9. The van der Waals surface area contributed by atoms with Gasteiger partial charge in [0.15, 0.2) is 0 Å². The summed E-state index contributed by atoms with van der Waals surface area (Å²) in [7, 11) is -4.04. The van der Waals surface area contributed by atoms with Crippen molar-refractivity contribution in [1.29, 1.82) is 0 Å². The predicted octanol–water partition coefficient (Wildman–Crippen LogP) is 2.30. The molecule has 3 rings (SSSR count). The molecule has 0 bridgehead atoms. The van der Waals surface area contributed by atoms with Crippen LogP contribution in [0.15, 0.2) is 46.1 Å². The second-order valence-corrected chi connectivity index (χ2v) is 7.42. The van der Waals surface area contributed by atoms with E-state index in [1.807, 2.05) is 25.1 Å². The molecule has 0 unspecified atom stereocenters. The monoisotopic (exact) mass is 363 g/mol. The second kappa shape index (κ2) is 5.70. The molecule has 1 aromatic heterocycles. The van der Waals surface area contributed by atoms with Crippen LogP contribution in [0.2, 0.25) is 5.02 Å². The van der Waals surface area contributed by atoms with Crippen LogP contribution in [0.3, 0.4) is 0 Å². The van der Waals surface area contributed by atoms with Crippen LogP contribution in [0.4, 0.5) is 0 Å². The van der Waals surface area contributed by atoms with E-state index in [0.717, 1.165) is 5.56 Å². The van der Waals surface area contributed by atoms with E-state index in [1.54, 1.807) is 13.0 Å². The Hall–Kier alpha value is -2.22. The lowest BCUT2D eigenvalue weighted by molar-refractivity contribution is 0.598. The van der Waals surface area contributed by atoms with Crippen molar-refractivity contribution in [2.75, 3.05) is 0 Å². The second-order valence-electron chi connectivity index (χ2n) is 5.48. The van der Waals surface area contributed by atoms with Crippen LogP contribution in [-0.4, -0.2) is 18.0 Å². The molecule has 0 aliphatic heterocycles. The van der Waals surface area contributed by atoms with E-state index in [9.17, 15) is 13.2 Å². The molecule has 124 valence electrons. The summed E-state index contributed by atoms with van der Waals surface area (Å²) in [5.41, 5.74) is 1.57. The quantitative estimate of drug-likeness (QED) is 0.755. The number of nitrogens with two attached hydrogens (primary N) is 1. The molecule has 0 fully saturated rings. The zero-order valence-corrected chi connectivity index (χ0v) is 14.5. The van der Waals surface area contributed by atoms with Crippen molar-refractivity contribution >= 4 is 32.5 Å². The first-order valence-electron chi connectivity index (χ1n) is 7.01. The molecule has 3 aromatic rings. The average molecular weight is 364 g/mol. The average Bonchev–Trinajstić information content (AvgIpc) is 2.45. The van der Waals surface area contributed by atoms with Crippen LogP contribution in [0.25, 0.3) is 16.6 Å². The van der Waals surface area contributed by atoms with Crippen molar-refractivity contribution in [3.05, 3.63) is 63.2 Å². The summed E-state index contributed by atoms with van der Waals surface area (Å²) in [5.74, 6) is 0.470. The highest BCUT2D eigenvalue weighted by molar-refractivity contribution is 7.89. The van der Waals surface area contributed by atoms with E-state index < -0.39 is 10.0 Å². The molecule has 0 radical (unpaired) electrons. The van der Waals surface area contributed by atoms with Gasteiger partial charge in [-0.25, -0.2) is 18.5 Å². The summed E-state index contributed by atoms with van der Waals surface area (Å²) < 4.78 is 24.7. The number of primary sulfonamides is 1. The van der Waals surface area contributed by atoms with Gasteiger partial charge in [-0.15, -0.1) is 0 Å². The Morgan fingerprint density at radius 2 is 1.88 bits per heavy atom. The van der Waals surface area contributed by atoms with Crippen LogP contribution in [0, 0.1) is 13.8 Å². The SMILES string of the molecule is Cc1cccc(-n2c(C)nc3cc(Cl)c(S(N)(=O)=O)cc3c2=O)c1. The number of aromatic nitrogens is 2. The third-order valence-corrected chi connectivity index (χ3v) is 5.03. The number of hydrogen-bond donors (Lipinski definition) is 1. The lowest BCUT2D eigenvalue weighted by Crippen LogP contribution is -2.23. The van der Waals surface area contributed by atoms with Gasteiger partial charge in [0.25, 0.3) is 5.56 Å². The Morgan fingerprint density at radius 3 is 2.50 bits per heavy atom. The molecule has 0 aliphatic rings. The van der Waals surface area contributed by atoms with E-state index in [-0.39, 0.29) is 20.9 Å². The third-order valence-electron chi connectivity index (χ3n) is 3.66. The molecule has 0 spiro atoms. The highest BCUT2D eigenvalue weighted by Gasteiger charge is 2.18. The molecule has 8 heteroatoms. The van der Waals surface area contributed by atoms with Crippen LogP contribution >= 0.6 is 11.6 Å². The molecule has 6 nitrogen and oxygen atoms in total. The highest BCUT2D eigenvalue weighted by atomic mass is 35.5. The number of hydrogen-bond acceptors (Lipinski definition) is 4. The fourth-order valence-corrected chi connectivity index (χ4v) is 3.68. The zero-order chi connectivity index (χ0) is 17.6. The first-order chi connectivity index (χ1) is 11.2. The molecular weight excluding hydrogens is 350 g/mol. The largest absolute Gasteiger partial charge is 0.268 e. The van der Waals surface area contributed by atoms with E-state index in [4.69, 9.17) is 16.7 Å². The van der Waals surface area contributed by atoms with Gasteiger partial charge < -0.3 is 0 Å². The molecule has 0 saturated carbocycles. The number of aryl methyl sites for hydroxylation is 2. The number of nitrogens with zero attached hydrogens (tertiary/aromatic N) is 2. The van der Waals surface area contributed by atoms with Crippen molar-refractivity contribution in [2.45, 2.75) is 18.7 Å². The van der Waals surface area contributed by atoms with Gasteiger partial charge in [-0.2, -0.15) is 0 Å². The maximum Gasteiger partial charge on any atom is 0.266 e. The lowest BCUT2D eigenvalue weighted by atomic mass is 10.2. The number of benzene rings is 2. The Bertz CT molecular complexity index is 1140. The standard InChI is InChI=1S/C16H14ClN3O3S/c1-9-4-3-5-11(6-9)20-10(2)19-14-8-13(17)15(24(18,22)23)7-12(14)16(20)21/h3-8H,1-2H3,(H2,18,22,23). The molecule has 2 aromatic carbocycles. The fraction of sp³-hybridized carbons (Fsp3) is 0.125. The van der Waals surface area contributed by atoms with Gasteiger partial charge in [0.2, 0.25) is 10.0 Å². The van der Waals surface area contributed by atoms with Gasteiger partial charge in [-0.3, -0.25) is 9.36 Å². The van der Waals surface area contributed by atoms with Crippen molar-refractivity contribution in [2.24, 2.45) is 5.14 Å². The molecule has 0 saturated heterocycles.